The van der Waals surface area contributed by atoms with Crippen molar-refractivity contribution in [2.45, 2.75) is 26.4 Å². The fourth-order valence-electron chi connectivity index (χ4n) is 2.75. The molecule has 0 unspecified atom stereocenters. The molecule has 1 aromatic heterocycles. The molecule has 3 rings (SSSR count). The minimum absolute atomic E-state index is 0.317. The molecule has 1 aromatic carbocycles. The summed E-state index contributed by atoms with van der Waals surface area (Å²) in [6.07, 6.45) is -0.317. The Hall–Kier alpha value is -2.02. The van der Waals surface area contributed by atoms with E-state index in [0.717, 1.165) is 9.86 Å². The topological polar surface area (TPSA) is 63.0 Å². The first-order valence-corrected chi connectivity index (χ1v) is 8.98. The third-order valence-corrected chi connectivity index (χ3v) is 4.44. The summed E-state index contributed by atoms with van der Waals surface area (Å²) in [5.41, 5.74) is 0.201. The maximum Gasteiger partial charge on any atom is 0.410 e. The molecule has 134 valence electrons. The van der Waals surface area contributed by atoms with Gasteiger partial charge in [-0.15, -0.1) is 0 Å². The predicted molar refractivity (Wildman–Crippen MR) is 100 cm³/mol. The highest BCUT2D eigenvalue weighted by Gasteiger charge is 2.27. The van der Waals surface area contributed by atoms with Crippen LogP contribution in [0, 0.1) is 0 Å². The lowest BCUT2D eigenvalue weighted by molar-refractivity contribution is 0.0240. The summed E-state index contributed by atoms with van der Waals surface area (Å²) in [6, 6.07) is 7.44. The standard InChI is InChI=1S/C18H21BrN2O4/c1-18(2,3)25-17(23)21-8-6-20(7-9-21)14-10-12-4-5-13(19)11-15(12)24-16(14)22/h4-5,10-11H,6-9H2,1-3H3. The van der Waals surface area contributed by atoms with Crippen molar-refractivity contribution in [1.29, 1.82) is 0 Å². The molecule has 2 aromatic rings. The van der Waals surface area contributed by atoms with Crippen LogP contribution in [-0.2, 0) is 4.74 Å². The number of ether oxygens (including phenoxy) is 1. The molecular formula is C18H21BrN2O4. The Morgan fingerprint density at radius 2 is 1.84 bits per heavy atom. The molecule has 1 amide bonds. The molecule has 7 heteroatoms. The van der Waals surface area contributed by atoms with Crippen molar-refractivity contribution < 1.29 is 13.9 Å². The summed E-state index contributed by atoms with van der Waals surface area (Å²) in [4.78, 5) is 28.1. The summed E-state index contributed by atoms with van der Waals surface area (Å²) in [7, 11) is 0. The molecular weight excluding hydrogens is 388 g/mol. The zero-order valence-electron chi connectivity index (χ0n) is 14.5. The summed E-state index contributed by atoms with van der Waals surface area (Å²) in [6.45, 7) is 7.68. The molecule has 0 N–H and O–H groups in total. The lowest BCUT2D eigenvalue weighted by atomic mass is 10.2. The first-order valence-electron chi connectivity index (χ1n) is 8.19. The fourth-order valence-corrected chi connectivity index (χ4v) is 3.09. The van der Waals surface area contributed by atoms with Crippen molar-refractivity contribution in [2.24, 2.45) is 0 Å². The van der Waals surface area contributed by atoms with Gasteiger partial charge < -0.3 is 19.0 Å². The normalized spacial score (nSPS) is 15.5. The number of carbonyl (C=O) groups is 1. The fraction of sp³-hybridized carbons (Fsp3) is 0.444. The molecule has 0 radical (unpaired) electrons. The Kier molecular flexibility index (Phi) is 4.77. The number of piperazine rings is 1. The number of rotatable bonds is 1. The van der Waals surface area contributed by atoms with Crippen LogP contribution in [-0.4, -0.2) is 42.8 Å². The Balaban J connectivity index is 1.74. The van der Waals surface area contributed by atoms with Crippen molar-refractivity contribution >= 4 is 38.7 Å². The second kappa shape index (κ2) is 6.71. The van der Waals surface area contributed by atoms with Gasteiger partial charge in [-0.2, -0.15) is 0 Å². The van der Waals surface area contributed by atoms with E-state index in [1.165, 1.54) is 0 Å². The number of hydrogen-bond acceptors (Lipinski definition) is 5. The van der Waals surface area contributed by atoms with Crippen LogP contribution < -0.4 is 10.5 Å². The highest BCUT2D eigenvalue weighted by Crippen LogP contribution is 2.23. The maximum absolute atomic E-state index is 12.3. The number of nitrogens with zero attached hydrogens (tertiary/aromatic N) is 2. The first kappa shape index (κ1) is 17.8. The second-order valence-electron chi connectivity index (χ2n) is 7.06. The van der Waals surface area contributed by atoms with Gasteiger partial charge in [0.25, 0.3) is 0 Å². The predicted octanol–water partition coefficient (Wildman–Crippen LogP) is 3.61. The third-order valence-electron chi connectivity index (χ3n) is 3.95. The highest BCUT2D eigenvalue weighted by atomic mass is 79.9. The van der Waals surface area contributed by atoms with Gasteiger partial charge in [0, 0.05) is 36.0 Å². The summed E-state index contributed by atoms with van der Waals surface area (Å²) in [5.74, 6) is 0. The van der Waals surface area contributed by atoms with Gasteiger partial charge in [0.1, 0.15) is 16.9 Å². The van der Waals surface area contributed by atoms with Crippen LogP contribution >= 0.6 is 15.9 Å². The smallest absolute Gasteiger partial charge is 0.410 e. The summed E-state index contributed by atoms with van der Waals surface area (Å²) >= 11 is 3.37. The molecule has 6 nitrogen and oxygen atoms in total. The molecule has 1 saturated heterocycles. The minimum Gasteiger partial charge on any atom is -0.444 e. The quantitative estimate of drug-likeness (QED) is 0.674. The van der Waals surface area contributed by atoms with Crippen LogP contribution in [0.4, 0.5) is 10.5 Å². The van der Waals surface area contributed by atoms with E-state index in [2.05, 4.69) is 15.9 Å². The van der Waals surface area contributed by atoms with Gasteiger partial charge in [-0.25, -0.2) is 9.59 Å². The van der Waals surface area contributed by atoms with Crippen LogP contribution in [0.5, 0.6) is 0 Å². The maximum atomic E-state index is 12.3. The Morgan fingerprint density at radius 1 is 1.16 bits per heavy atom. The van der Waals surface area contributed by atoms with E-state index in [-0.39, 0.29) is 11.7 Å². The van der Waals surface area contributed by atoms with Gasteiger partial charge in [-0.1, -0.05) is 22.0 Å². The van der Waals surface area contributed by atoms with Crippen molar-refractivity contribution in [3.8, 4) is 0 Å². The van der Waals surface area contributed by atoms with E-state index in [1.54, 1.807) is 11.0 Å². The van der Waals surface area contributed by atoms with E-state index < -0.39 is 5.60 Å². The summed E-state index contributed by atoms with van der Waals surface area (Å²) in [5, 5.41) is 0.868. The Labute approximate surface area is 154 Å². The number of amides is 1. The van der Waals surface area contributed by atoms with Crippen LogP contribution in [0.3, 0.4) is 0 Å². The molecule has 2 heterocycles. The van der Waals surface area contributed by atoms with Gasteiger partial charge in [-0.05, 0) is 39.0 Å². The van der Waals surface area contributed by atoms with Crippen LogP contribution in [0.2, 0.25) is 0 Å². The average molecular weight is 409 g/mol. The molecule has 0 aliphatic carbocycles. The molecule has 1 fully saturated rings. The van der Waals surface area contributed by atoms with Gasteiger partial charge in [0.15, 0.2) is 0 Å². The highest BCUT2D eigenvalue weighted by molar-refractivity contribution is 9.10. The summed E-state index contributed by atoms with van der Waals surface area (Å²) < 4.78 is 11.7. The minimum atomic E-state index is -0.512. The van der Waals surface area contributed by atoms with Gasteiger partial charge in [0.05, 0.1) is 0 Å². The number of fused-ring (bicyclic) bond motifs is 1. The Bertz CT molecular complexity index is 848. The van der Waals surface area contributed by atoms with Crippen molar-refractivity contribution in [2.75, 3.05) is 31.1 Å². The van der Waals surface area contributed by atoms with E-state index in [1.807, 2.05) is 43.9 Å². The van der Waals surface area contributed by atoms with Crippen LogP contribution in [0.1, 0.15) is 20.8 Å². The van der Waals surface area contributed by atoms with Crippen LogP contribution in [0.25, 0.3) is 11.0 Å². The Morgan fingerprint density at radius 3 is 2.48 bits per heavy atom. The number of benzene rings is 1. The zero-order chi connectivity index (χ0) is 18.2. The molecule has 0 spiro atoms. The third kappa shape index (κ3) is 4.15. The van der Waals surface area contributed by atoms with Gasteiger partial charge >= 0.3 is 11.7 Å². The molecule has 1 aliphatic heterocycles. The second-order valence-corrected chi connectivity index (χ2v) is 7.97. The number of carbonyl (C=O) groups excluding carboxylic acids is 1. The van der Waals surface area contributed by atoms with Gasteiger partial charge in [0.2, 0.25) is 0 Å². The van der Waals surface area contributed by atoms with Crippen molar-refractivity contribution in [3.05, 3.63) is 39.2 Å². The van der Waals surface area contributed by atoms with E-state index in [0.29, 0.717) is 37.4 Å². The van der Waals surface area contributed by atoms with Crippen molar-refractivity contribution in [1.82, 2.24) is 4.90 Å². The van der Waals surface area contributed by atoms with Gasteiger partial charge in [-0.3, -0.25) is 0 Å². The van der Waals surface area contributed by atoms with E-state index in [9.17, 15) is 9.59 Å². The largest absolute Gasteiger partial charge is 0.444 e. The molecule has 25 heavy (non-hydrogen) atoms. The number of halogens is 1. The molecule has 1 aliphatic rings. The average Bonchev–Trinajstić information content (AvgIpc) is 2.52. The van der Waals surface area contributed by atoms with Crippen molar-refractivity contribution in [3.63, 3.8) is 0 Å². The zero-order valence-corrected chi connectivity index (χ0v) is 16.1. The molecule has 0 saturated carbocycles. The number of anilines is 1. The molecule has 0 atom stereocenters. The first-order chi connectivity index (χ1) is 11.7. The monoisotopic (exact) mass is 408 g/mol. The van der Waals surface area contributed by atoms with Crippen LogP contribution in [0.15, 0.2) is 37.9 Å². The number of hydrogen-bond donors (Lipinski definition) is 0. The van der Waals surface area contributed by atoms with E-state index >= 15 is 0 Å². The lowest BCUT2D eigenvalue weighted by Crippen LogP contribution is -2.50. The van der Waals surface area contributed by atoms with E-state index in [4.69, 9.17) is 9.15 Å². The molecule has 0 bridgehead atoms. The lowest BCUT2D eigenvalue weighted by Gasteiger charge is -2.36. The SMILES string of the molecule is CC(C)(C)OC(=O)N1CCN(c2cc3ccc(Br)cc3oc2=O)CC1.